The maximum atomic E-state index is 11.6. The van der Waals surface area contributed by atoms with Crippen LogP contribution in [0, 0.1) is 12.8 Å². The van der Waals surface area contributed by atoms with E-state index in [-0.39, 0.29) is 0 Å². The highest BCUT2D eigenvalue weighted by atomic mass is 16.1. The van der Waals surface area contributed by atoms with Crippen molar-refractivity contribution >= 4 is 5.78 Å². The summed E-state index contributed by atoms with van der Waals surface area (Å²) in [6.45, 7) is 8.83. The zero-order valence-electron chi connectivity index (χ0n) is 17.1. The molecule has 2 aliphatic heterocycles. The van der Waals surface area contributed by atoms with Gasteiger partial charge in [-0.3, -0.25) is 9.48 Å². The first kappa shape index (κ1) is 19.1. The number of hydrogen-bond donors (Lipinski definition) is 0. The van der Waals surface area contributed by atoms with Crippen LogP contribution in [0.15, 0.2) is 12.4 Å². The van der Waals surface area contributed by atoms with Gasteiger partial charge in [-0.15, -0.1) is 0 Å². The Morgan fingerprint density at radius 2 is 1.37 bits per heavy atom. The van der Waals surface area contributed by atoms with E-state index in [2.05, 4.69) is 32.7 Å². The maximum Gasteiger partial charge on any atom is 0.132 e. The number of Topliss-reactive ketones (excluding diaryl/α,β-unsaturated/α-hetero) is 1. The Hall–Kier alpha value is -1.20. The van der Waals surface area contributed by atoms with Gasteiger partial charge in [0, 0.05) is 37.3 Å². The molecule has 0 radical (unpaired) electrons. The van der Waals surface area contributed by atoms with Crippen molar-refractivity contribution in [2.75, 3.05) is 26.2 Å². The number of hydrogen-bond acceptors (Lipinski definition) is 4. The van der Waals surface area contributed by atoms with Crippen LogP contribution in [0.5, 0.6) is 0 Å². The third-order valence-corrected chi connectivity index (χ3v) is 7.41. The summed E-state index contributed by atoms with van der Waals surface area (Å²) in [5, 5.41) is 4.53. The van der Waals surface area contributed by atoms with E-state index in [0.717, 1.165) is 24.9 Å². The number of piperidine rings is 2. The zero-order chi connectivity index (χ0) is 18.8. The molecule has 1 aromatic heterocycles. The fourth-order valence-electron chi connectivity index (χ4n) is 5.61. The Bertz CT molecular complexity index is 618. The Balaban J connectivity index is 1.20. The van der Waals surface area contributed by atoms with Crippen LogP contribution in [0.2, 0.25) is 0 Å². The van der Waals surface area contributed by atoms with Crippen LogP contribution in [-0.2, 0) is 4.79 Å². The van der Waals surface area contributed by atoms with E-state index in [1.165, 1.54) is 70.3 Å². The van der Waals surface area contributed by atoms with Gasteiger partial charge in [0.05, 0.1) is 12.2 Å². The van der Waals surface area contributed by atoms with Crippen LogP contribution < -0.4 is 0 Å². The Morgan fingerprint density at radius 1 is 0.852 bits per heavy atom. The predicted molar refractivity (Wildman–Crippen MR) is 108 cm³/mol. The highest BCUT2D eigenvalue weighted by molar-refractivity contribution is 5.78. The molecular formula is C22H36N4O. The number of nitrogens with zero attached hydrogens (tertiary/aromatic N) is 4. The fraction of sp³-hybridized carbons (Fsp3) is 0.818. The molecule has 3 fully saturated rings. The number of ketones is 1. The lowest BCUT2D eigenvalue weighted by molar-refractivity contribution is -0.122. The van der Waals surface area contributed by atoms with Gasteiger partial charge in [-0.25, -0.2) is 0 Å². The van der Waals surface area contributed by atoms with Gasteiger partial charge in [0.15, 0.2) is 0 Å². The molecule has 150 valence electrons. The quantitative estimate of drug-likeness (QED) is 0.812. The highest BCUT2D eigenvalue weighted by Gasteiger charge is 2.33. The molecule has 0 spiro atoms. The van der Waals surface area contributed by atoms with Crippen molar-refractivity contribution in [1.29, 1.82) is 0 Å². The van der Waals surface area contributed by atoms with Gasteiger partial charge < -0.3 is 9.80 Å². The zero-order valence-corrected chi connectivity index (χ0v) is 17.1. The summed E-state index contributed by atoms with van der Waals surface area (Å²) in [5.41, 5.74) is 1.27. The van der Waals surface area contributed by atoms with Crippen molar-refractivity contribution in [3.63, 3.8) is 0 Å². The lowest BCUT2D eigenvalue weighted by Crippen LogP contribution is -2.50. The summed E-state index contributed by atoms with van der Waals surface area (Å²) in [5.74, 6) is 0.750. The summed E-state index contributed by atoms with van der Waals surface area (Å²) in [6, 6.07) is 2.09. The lowest BCUT2D eigenvalue weighted by atomic mass is 9.82. The van der Waals surface area contributed by atoms with Gasteiger partial charge in [0.25, 0.3) is 0 Å². The summed E-state index contributed by atoms with van der Waals surface area (Å²) in [4.78, 5) is 17.1. The van der Waals surface area contributed by atoms with E-state index in [0.29, 0.717) is 17.7 Å². The molecule has 0 bridgehead atoms. The number of aryl methyl sites for hydroxylation is 1. The van der Waals surface area contributed by atoms with E-state index in [9.17, 15) is 4.79 Å². The number of carbonyl (C=O) groups excluding carboxylic acids is 1. The molecule has 1 saturated carbocycles. The van der Waals surface area contributed by atoms with Crippen LogP contribution in [0.3, 0.4) is 0 Å². The first-order chi connectivity index (χ1) is 13.1. The second kappa shape index (κ2) is 8.44. The molecule has 3 aliphatic rings. The average molecular weight is 373 g/mol. The van der Waals surface area contributed by atoms with Crippen molar-refractivity contribution in [2.45, 2.75) is 83.3 Å². The van der Waals surface area contributed by atoms with E-state index in [1.807, 2.05) is 6.20 Å². The monoisotopic (exact) mass is 372 g/mol. The normalized spacial score (nSPS) is 29.9. The topological polar surface area (TPSA) is 41.4 Å². The molecule has 0 atom stereocenters. The molecule has 0 unspecified atom stereocenters. The summed E-state index contributed by atoms with van der Waals surface area (Å²) in [6.07, 6.45) is 13.9. The first-order valence-electron chi connectivity index (χ1n) is 11.1. The van der Waals surface area contributed by atoms with Gasteiger partial charge >= 0.3 is 0 Å². The minimum absolute atomic E-state index is 0.346. The summed E-state index contributed by atoms with van der Waals surface area (Å²) >= 11 is 0. The molecule has 5 nitrogen and oxygen atoms in total. The van der Waals surface area contributed by atoms with Gasteiger partial charge in [-0.1, -0.05) is 0 Å². The van der Waals surface area contributed by atoms with Crippen LogP contribution in [0.1, 0.15) is 69.9 Å². The maximum absolute atomic E-state index is 11.6. The van der Waals surface area contributed by atoms with Crippen LogP contribution in [0.4, 0.5) is 0 Å². The first-order valence-corrected chi connectivity index (χ1v) is 11.1. The Kier molecular flexibility index (Phi) is 5.98. The second-order valence-corrected chi connectivity index (χ2v) is 9.15. The minimum Gasteiger partial charge on any atom is -0.300 e. The van der Waals surface area contributed by atoms with Crippen molar-refractivity contribution < 1.29 is 4.79 Å². The van der Waals surface area contributed by atoms with Crippen molar-refractivity contribution in [3.8, 4) is 0 Å². The van der Waals surface area contributed by atoms with Gasteiger partial charge in [-0.05, 0) is 83.9 Å². The van der Waals surface area contributed by atoms with E-state index < -0.39 is 0 Å². The van der Waals surface area contributed by atoms with Gasteiger partial charge in [-0.2, -0.15) is 5.10 Å². The van der Waals surface area contributed by atoms with Crippen LogP contribution in [0.25, 0.3) is 0 Å². The van der Waals surface area contributed by atoms with Crippen molar-refractivity contribution in [3.05, 3.63) is 18.0 Å². The standard InChI is InChI=1S/C22H36N4O/c1-17-15-23-26(16-17)22-9-13-25(14-10-22)21-7-11-24(12-8-21)20-5-3-19(4-6-20)18(2)27/h15-16,19-22H,3-14H2,1-2H3/t19-,20+. The molecule has 0 aromatic carbocycles. The molecule has 1 aromatic rings. The molecule has 0 amide bonds. The summed E-state index contributed by atoms with van der Waals surface area (Å²) in [7, 11) is 0. The number of rotatable bonds is 4. The smallest absolute Gasteiger partial charge is 0.132 e. The molecule has 27 heavy (non-hydrogen) atoms. The molecule has 3 heterocycles. The molecule has 4 rings (SSSR count). The van der Waals surface area contributed by atoms with Crippen LogP contribution in [-0.4, -0.2) is 63.6 Å². The van der Waals surface area contributed by atoms with E-state index in [1.54, 1.807) is 6.92 Å². The SMILES string of the molecule is Cc1cnn(C2CCN(C3CCN([C@H]4CC[C@@H](C(C)=O)CC4)CC3)CC2)c1. The Labute approximate surface area is 164 Å². The molecule has 5 heteroatoms. The molecule has 0 N–H and O–H groups in total. The number of aromatic nitrogens is 2. The third kappa shape index (κ3) is 4.45. The van der Waals surface area contributed by atoms with Gasteiger partial charge in [0.1, 0.15) is 5.78 Å². The van der Waals surface area contributed by atoms with Crippen molar-refractivity contribution in [2.24, 2.45) is 5.92 Å². The van der Waals surface area contributed by atoms with Gasteiger partial charge in [0.2, 0.25) is 0 Å². The average Bonchev–Trinajstić information content (AvgIpc) is 3.15. The largest absolute Gasteiger partial charge is 0.300 e. The predicted octanol–water partition coefficient (Wildman–Crippen LogP) is 3.44. The fourth-order valence-corrected chi connectivity index (χ4v) is 5.61. The van der Waals surface area contributed by atoms with E-state index >= 15 is 0 Å². The lowest BCUT2D eigenvalue weighted by Gasteiger charge is -2.45. The highest BCUT2D eigenvalue weighted by Crippen LogP contribution is 2.31. The molecule has 2 saturated heterocycles. The summed E-state index contributed by atoms with van der Waals surface area (Å²) < 4.78 is 2.19. The number of likely N-dealkylation sites (tertiary alicyclic amines) is 2. The minimum atomic E-state index is 0.346. The number of carbonyl (C=O) groups is 1. The van der Waals surface area contributed by atoms with Crippen LogP contribution >= 0.6 is 0 Å². The Morgan fingerprint density at radius 3 is 1.85 bits per heavy atom. The van der Waals surface area contributed by atoms with E-state index in [4.69, 9.17) is 0 Å². The molecular weight excluding hydrogens is 336 g/mol. The molecule has 1 aliphatic carbocycles. The van der Waals surface area contributed by atoms with Crippen molar-refractivity contribution in [1.82, 2.24) is 19.6 Å². The third-order valence-electron chi connectivity index (χ3n) is 7.41. The second-order valence-electron chi connectivity index (χ2n) is 9.15.